The molecule has 0 aliphatic carbocycles. The number of methoxy groups -OCH3 is 2. The third-order valence-corrected chi connectivity index (χ3v) is 6.15. The summed E-state index contributed by atoms with van der Waals surface area (Å²) in [4.78, 5) is 33.4. The lowest BCUT2D eigenvalue weighted by Gasteiger charge is -2.31. The number of ether oxygens (including phenoxy) is 2. The molecular formula is C20H21N3O5S. The lowest BCUT2D eigenvalue weighted by Crippen LogP contribution is -2.40. The molecule has 3 heterocycles. The highest BCUT2D eigenvalue weighted by Gasteiger charge is 2.27. The minimum atomic E-state index is -0.820. The molecule has 0 saturated carbocycles. The van der Waals surface area contributed by atoms with E-state index in [-0.39, 0.29) is 5.56 Å². The monoisotopic (exact) mass is 415 g/mol. The zero-order valence-electron chi connectivity index (χ0n) is 16.1. The third-order valence-electron chi connectivity index (χ3n) is 5.18. The predicted octanol–water partition coefficient (Wildman–Crippen LogP) is 2.97. The lowest BCUT2D eigenvalue weighted by molar-refractivity contribution is -0.141. The van der Waals surface area contributed by atoms with Gasteiger partial charge in [0, 0.05) is 24.0 Å². The quantitative estimate of drug-likeness (QED) is 0.660. The smallest absolute Gasteiger partial charge is 0.308 e. The van der Waals surface area contributed by atoms with Crippen LogP contribution in [0.25, 0.3) is 21.3 Å². The molecule has 1 fully saturated rings. The number of nitrogens with one attached hydrogen (secondary N) is 1. The molecule has 8 nitrogen and oxygen atoms in total. The Hall–Kier alpha value is -3.07. The van der Waals surface area contributed by atoms with E-state index in [1.807, 2.05) is 28.5 Å². The summed E-state index contributed by atoms with van der Waals surface area (Å²) in [6, 6.07) is 5.56. The number of H-pyrrole nitrogens is 1. The van der Waals surface area contributed by atoms with Gasteiger partial charge in [0.2, 0.25) is 5.95 Å². The SMILES string of the molecule is COc1ccc(-c2csc3c(=O)[nH]c(N4CCC[C@H](C(=O)O)C4)nc23)cc1OC. The molecule has 0 spiro atoms. The fourth-order valence-electron chi connectivity index (χ4n) is 3.65. The van der Waals surface area contributed by atoms with Crippen LogP contribution in [0.15, 0.2) is 28.4 Å². The third kappa shape index (κ3) is 3.53. The Bertz CT molecular complexity index is 1120. The summed E-state index contributed by atoms with van der Waals surface area (Å²) in [6.07, 6.45) is 1.37. The number of rotatable bonds is 5. The number of aromatic nitrogens is 2. The second kappa shape index (κ2) is 7.75. The van der Waals surface area contributed by atoms with Crippen LogP contribution in [-0.4, -0.2) is 48.4 Å². The predicted molar refractivity (Wildman–Crippen MR) is 111 cm³/mol. The van der Waals surface area contributed by atoms with Crippen molar-refractivity contribution in [1.29, 1.82) is 0 Å². The van der Waals surface area contributed by atoms with E-state index in [1.165, 1.54) is 11.3 Å². The van der Waals surface area contributed by atoms with Crippen LogP contribution in [0.5, 0.6) is 11.5 Å². The van der Waals surface area contributed by atoms with Crippen molar-refractivity contribution in [2.45, 2.75) is 12.8 Å². The van der Waals surface area contributed by atoms with Gasteiger partial charge in [0.1, 0.15) is 4.70 Å². The molecule has 0 unspecified atom stereocenters. The van der Waals surface area contributed by atoms with Crippen LogP contribution in [-0.2, 0) is 4.79 Å². The van der Waals surface area contributed by atoms with E-state index in [1.54, 1.807) is 14.2 Å². The number of carboxylic acids is 1. The fraction of sp³-hybridized carbons (Fsp3) is 0.350. The van der Waals surface area contributed by atoms with Crippen molar-refractivity contribution in [2.75, 3.05) is 32.2 Å². The standard InChI is InChI=1S/C20H21N3O5S/c1-27-14-6-5-11(8-15(14)28-2)13-10-29-17-16(13)21-20(22-18(17)24)23-7-3-4-12(9-23)19(25)26/h5-6,8,10,12H,3-4,7,9H2,1-2H3,(H,25,26)(H,21,22,24)/t12-/m0/s1. The molecule has 3 aromatic rings. The van der Waals surface area contributed by atoms with Gasteiger partial charge in [0.25, 0.3) is 5.56 Å². The van der Waals surface area contributed by atoms with Gasteiger partial charge in [-0.25, -0.2) is 4.98 Å². The maximum absolute atomic E-state index is 12.7. The first-order valence-electron chi connectivity index (χ1n) is 9.23. The second-order valence-electron chi connectivity index (χ2n) is 6.91. The first kappa shape index (κ1) is 19.3. The number of benzene rings is 1. The zero-order valence-corrected chi connectivity index (χ0v) is 16.9. The normalized spacial score (nSPS) is 16.8. The molecule has 1 atom stereocenters. The van der Waals surface area contributed by atoms with Crippen molar-refractivity contribution in [3.8, 4) is 22.6 Å². The minimum absolute atomic E-state index is 0.223. The molecule has 1 aliphatic heterocycles. The number of fused-ring (bicyclic) bond motifs is 1. The summed E-state index contributed by atoms with van der Waals surface area (Å²) in [5, 5.41) is 11.2. The molecule has 2 aromatic heterocycles. The zero-order chi connectivity index (χ0) is 20.5. The Morgan fingerprint density at radius 2 is 2.10 bits per heavy atom. The summed E-state index contributed by atoms with van der Waals surface area (Å²) in [5.74, 6) is 0.343. The largest absolute Gasteiger partial charge is 0.493 e. The molecule has 9 heteroatoms. The number of thiophene rings is 1. The van der Waals surface area contributed by atoms with Crippen LogP contribution in [0.2, 0.25) is 0 Å². The van der Waals surface area contributed by atoms with Crippen LogP contribution in [0.3, 0.4) is 0 Å². The number of anilines is 1. The van der Waals surface area contributed by atoms with Gasteiger partial charge in [-0.1, -0.05) is 6.07 Å². The summed E-state index contributed by atoms with van der Waals surface area (Å²) in [5.41, 5.74) is 2.06. The van der Waals surface area contributed by atoms with Gasteiger partial charge in [-0.3, -0.25) is 14.6 Å². The van der Waals surface area contributed by atoms with Crippen molar-refractivity contribution >= 4 is 33.5 Å². The summed E-state index contributed by atoms with van der Waals surface area (Å²) >= 11 is 1.33. The van der Waals surface area contributed by atoms with Crippen molar-refractivity contribution < 1.29 is 19.4 Å². The van der Waals surface area contributed by atoms with E-state index in [0.29, 0.717) is 47.2 Å². The summed E-state index contributed by atoms with van der Waals surface area (Å²) in [7, 11) is 3.15. The molecule has 1 saturated heterocycles. The molecule has 4 rings (SSSR count). The van der Waals surface area contributed by atoms with Crippen LogP contribution in [0.1, 0.15) is 12.8 Å². The van der Waals surface area contributed by atoms with E-state index in [9.17, 15) is 14.7 Å². The topological polar surface area (TPSA) is 105 Å². The Balaban J connectivity index is 1.78. The Labute approximate surface area is 170 Å². The van der Waals surface area contributed by atoms with Gasteiger partial charge < -0.3 is 19.5 Å². The Morgan fingerprint density at radius 3 is 2.83 bits per heavy atom. The van der Waals surface area contributed by atoms with Gasteiger partial charge in [0.05, 0.1) is 25.7 Å². The van der Waals surface area contributed by atoms with Crippen molar-refractivity contribution in [2.24, 2.45) is 5.92 Å². The van der Waals surface area contributed by atoms with Crippen LogP contribution in [0, 0.1) is 5.92 Å². The second-order valence-corrected chi connectivity index (χ2v) is 7.79. The van der Waals surface area contributed by atoms with Crippen molar-refractivity contribution in [3.63, 3.8) is 0 Å². The van der Waals surface area contributed by atoms with Crippen LogP contribution in [0.4, 0.5) is 5.95 Å². The highest BCUT2D eigenvalue weighted by molar-refractivity contribution is 7.17. The van der Waals surface area contributed by atoms with E-state index >= 15 is 0 Å². The number of carbonyl (C=O) groups is 1. The summed E-state index contributed by atoms with van der Waals surface area (Å²) < 4.78 is 11.2. The Morgan fingerprint density at radius 1 is 1.31 bits per heavy atom. The highest BCUT2D eigenvalue weighted by Crippen LogP contribution is 2.37. The average molecular weight is 415 g/mol. The van der Waals surface area contributed by atoms with E-state index in [4.69, 9.17) is 14.5 Å². The maximum Gasteiger partial charge on any atom is 0.308 e. The first-order chi connectivity index (χ1) is 14.0. The number of carboxylic acid groups (broad SMARTS) is 1. The number of hydrogen-bond donors (Lipinski definition) is 2. The molecule has 0 radical (unpaired) electrons. The minimum Gasteiger partial charge on any atom is -0.493 e. The van der Waals surface area contributed by atoms with Crippen molar-refractivity contribution in [3.05, 3.63) is 33.9 Å². The fourth-order valence-corrected chi connectivity index (χ4v) is 4.55. The average Bonchev–Trinajstić information content (AvgIpc) is 3.18. The molecular weight excluding hydrogens is 394 g/mol. The molecule has 2 N–H and O–H groups in total. The van der Waals surface area contributed by atoms with Gasteiger partial charge in [-0.05, 0) is 30.5 Å². The van der Waals surface area contributed by atoms with E-state index in [2.05, 4.69) is 4.98 Å². The van der Waals surface area contributed by atoms with Gasteiger partial charge >= 0.3 is 5.97 Å². The van der Waals surface area contributed by atoms with E-state index < -0.39 is 11.9 Å². The van der Waals surface area contributed by atoms with Gasteiger partial charge in [0.15, 0.2) is 11.5 Å². The number of hydrogen-bond acceptors (Lipinski definition) is 7. The number of aromatic amines is 1. The lowest BCUT2D eigenvalue weighted by atomic mass is 9.99. The highest BCUT2D eigenvalue weighted by atomic mass is 32.1. The first-order valence-corrected chi connectivity index (χ1v) is 10.1. The van der Waals surface area contributed by atoms with E-state index in [0.717, 1.165) is 17.5 Å². The molecule has 0 amide bonds. The number of aliphatic carboxylic acids is 1. The van der Waals surface area contributed by atoms with Crippen LogP contribution < -0.4 is 19.9 Å². The summed E-state index contributed by atoms with van der Waals surface area (Å²) in [6.45, 7) is 0.994. The molecule has 29 heavy (non-hydrogen) atoms. The molecule has 0 bridgehead atoms. The Kier molecular flexibility index (Phi) is 5.14. The van der Waals surface area contributed by atoms with Gasteiger partial charge in [-0.2, -0.15) is 0 Å². The van der Waals surface area contributed by atoms with Gasteiger partial charge in [-0.15, -0.1) is 11.3 Å². The number of piperidine rings is 1. The number of nitrogens with zero attached hydrogens (tertiary/aromatic N) is 2. The molecule has 1 aliphatic rings. The molecule has 152 valence electrons. The molecule has 1 aromatic carbocycles. The van der Waals surface area contributed by atoms with Crippen LogP contribution >= 0.6 is 11.3 Å². The van der Waals surface area contributed by atoms with Crippen molar-refractivity contribution in [1.82, 2.24) is 9.97 Å². The maximum atomic E-state index is 12.7.